The second-order valence-electron chi connectivity index (χ2n) is 4.82. The predicted octanol–water partition coefficient (Wildman–Crippen LogP) is 1.85. The summed E-state index contributed by atoms with van der Waals surface area (Å²) < 4.78 is 5.41. The lowest BCUT2D eigenvalue weighted by atomic mass is 9.71. The van der Waals surface area contributed by atoms with Gasteiger partial charge in [0.2, 0.25) is 0 Å². The second kappa shape index (κ2) is 4.51. The topological polar surface area (TPSA) is 47.3 Å². The van der Waals surface area contributed by atoms with Crippen LogP contribution in [0.5, 0.6) is 0 Å². The largest absolute Gasteiger partial charge is 0.501 e. The molecule has 2 aliphatic rings. The van der Waals surface area contributed by atoms with Crippen LogP contribution in [-0.2, 0) is 11.2 Å². The molecule has 17 heavy (non-hydrogen) atoms. The van der Waals surface area contributed by atoms with E-state index in [1.54, 1.807) is 0 Å². The van der Waals surface area contributed by atoms with E-state index in [-0.39, 0.29) is 6.04 Å². The summed E-state index contributed by atoms with van der Waals surface area (Å²) >= 11 is 0. The average Bonchev–Trinajstić information content (AvgIpc) is 2.37. The number of nitrogens with two attached hydrogens (primary N) is 1. The van der Waals surface area contributed by atoms with Crippen LogP contribution in [0.15, 0.2) is 36.1 Å². The minimum Gasteiger partial charge on any atom is -0.501 e. The molecular weight excluding hydrogens is 212 g/mol. The SMILES string of the molecule is NNC(C1=COCCC1)C1Cc2ccccc21. The summed E-state index contributed by atoms with van der Waals surface area (Å²) in [6, 6.07) is 8.83. The second-order valence-corrected chi connectivity index (χ2v) is 4.82. The van der Waals surface area contributed by atoms with Crippen LogP contribution in [0.2, 0.25) is 0 Å². The molecule has 1 aromatic carbocycles. The lowest BCUT2D eigenvalue weighted by Crippen LogP contribution is -2.45. The van der Waals surface area contributed by atoms with Crippen molar-refractivity contribution < 1.29 is 4.74 Å². The standard InChI is InChI=1S/C14H18N2O/c15-16-14(11-5-3-7-17-9-11)13-8-10-4-1-2-6-12(10)13/h1-2,4,6,9,13-14,16H,3,5,7-8,15H2. The normalized spacial score (nSPS) is 24.1. The zero-order valence-corrected chi connectivity index (χ0v) is 9.86. The molecule has 1 aromatic rings. The van der Waals surface area contributed by atoms with Gasteiger partial charge in [0.1, 0.15) is 0 Å². The highest BCUT2D eigenvalue weighted by molar-refractivity contribution is 5.43. The smallest absolute Gasteiger partial charge is 0.0876 e. The Labute approximate surface area is 102 Å². The highest BCUT2D eigenvalue weighted by Gasteiger charge is 2.34. The van der Waals surface area contributed by atoms with Crippen LogP contribution in [0.3, 0.4) is 0 Å². The van der Waals surface area contributed by atoms with Crippen molar-refractivity contribution in [2.75, 3.05) is 6.61 Å². The van der Waals surface area contributed by atoms with E-state index in [9.17, 15) is 0 Å². The number of rotatable bonds is 3. The Bertz CT molecular complexity index is 442. The number of hydrazine groups is 1. The van der Waals surface area contributed by atoms with E-state index in [2.05, 4.69) is 29.7 Å². The Kier molecular flexibility index (Phi) is 2.87. The number of ether oxygens (including phenoxy) is 1. The van der Waals surface area contributed by atoms with Gasteiger partial charge in [-0.2, -0.15) is 0 Å². The van der Waals surface area contributed by atoms with Crippen molar-refractivity contribution in [2.45, 2.75) is 31.2 Å². The van der Waals surface area contributed by atoms with Crippen LogP contribution in [0.1, 0.15) is 29.9 Å². The number of hydrogen-bond acceptors (Lipinski definition) is 3. The monoisotopic (exact) mass is 230 g/mol. The van der Waals surface area contributed by atoms with Crippen molar-refractivity contribution >= 4 is 0 Å². The molecule has 0 fully saturated rings. The highest BCUT2D eigenvalue weighted by Crippen LogP contribution is 2.40. The number of nitrogens with one attached hydrogen (secondary N) is 1. The molecule has 0 saturated heterocycles. The third kappa shape index (κ3) is 1.85. The predicted molar refractivity (Wildman–Crippen MR) is 67.3 cm³/mol. The first kappa shape index (κ1) is 10.8. The van der Waals surface area contributed by atoms with Crippen LogP contribution in [0, 0.1) is 0 Å². The zero-order chi connectivity index (χ0) is 11.7. The number of fused-ring (bicyclic) bond motifs is 1. The summed E-state index contributed by atoms with van der Waals surface area (Å²) in [6.07, 6.45) is 5.20. The van der Waals surface area contributed by atoms with Gasteiger partial charge in [-0.25, -0.2) is 0 Å². The molecule has 3 heteroatoms. The maximum atomic E-state index is 5.72. The highest BCUT2D eigenvalue weighted by atomic mass is 16.5. The Hall–Kier alpha value is -1.32. The van der Waals surface area contributed by atoms with Crippen LogP contribution in [-0.4, -0.2) is 12.6 Å². The van der Waals surface area contributed by atoms with Crippen molar-refractivity contribution in [3.8, 4) is 0 Å². The average molecular weight is 230 g/mol. The lowest BCUT2D eigenvalue weighted by molar-refractivity contribution is 0.216. The fourth-order valence-corrected chi connectivity index (χ4v) is 2.89. The molecule has 0 spiro atoms. The summed E-state index contributed by atoms with van der Waals surface area (Å²) in [6.45, 7) is 0.835. The maximum Gasteiger partial charge on any atom is 0.0876 e. The molecule has 3 rings (SSSR count). The molecule has 3 N–H and O–H groups in total. The minimum absolute atomic E-state index is 0.227. The van der Waals surface area contributed by atoms with Gasteiger partial charge in [0.15, 0.2) is 0 Å². The van der Waals surface area contributed by atoms with Crippen LogP contribution in [0.25, 0.3) is 0 Å². The molecule has 1 heterocycles. The Morgan fingerprint density at radius 2 is 2.24 bits per heavy atom. The van der Waals surface area contributed by atoms with E-state index >= 15 is 0 Å². The van der Waals surface area contributed by atoms with Crippen LogP contribution < -0.4 is 11.3 Å². The first-order valence-electron chi connectivity index (χ1n) is 6.24. The van der Waals surface area contributed by atoms with E-state index < -0.39 is 0 Å². The van der Waals surface area contributed by atoms with Gasteiger partial charge in [0, 0.05) is 5.92 Å². The van der Waals surface area contributed by atoms with E-state index in [0.717, 1.165) is 25.9 Å². The van der Waals surface area contributed by atoms with Crippen molar-refractivity contribution in [1.82, 2.24) is 5.43 Å². The molecule has 3 nitrogen and oxygen atoms in total. The maximum absolute atomic E-state index is 5.72. The van der Waals surface area contributed by atoms with E-state index in [0.29, 0.717) is 5.92 Å². The minimum atomic E-state index is 0.227. The zero-order valence-electron chi connectivity index (χ0n) is 9.86. The molecule has 0 aromatic heterocycles. The van der Waals surface area contributed by atoms with Crippen molar-refractivity contribution in [3.05, 3.63) is 47.2 Å². The van der Waals surface area contributed by atoms with Crippen molar-refractivity contribution in [1.29, 1.82) is 0 Å². The van der Waals surface area contributed by atoms with E-state index in [4.69, 9.17) is 10.6 Å². The van der Waals surface area contributed by atoms with Crippen molar-refractivity contribution in [2.24, 2.45) is 5.84 Å². The van der Waals surface area contributed by atoms with Crippen LogP contribution in [0.4, 0.5) is 0 Å². The Morgan fingerprint density at radius 3 is 2.94 bits per heavy atom. The summed E-state index contributed by atoms with van der Waals surface area (Å²) in [5.74, 6) is 6.23. The van der Waals surface area contributed by atoms with Gasteiger partial charge in [-0.05, 0) is 36.0 Å². The van der Waals surface area contributed by atoms with Crippen LogP contribution >= 0.6 is 0 Å². The van der Waals surface area contributed by atoms with Gasteiger partial charge in [-0.1, -0.05) is 24.3 Å². The lowest BCUT2D eigenvalue weighted by Gasteiger charge is -2.38. The van der Waals surface area contributed by atoms with Gasteiger partial charge < -0.3 is 4.74 Å². The number of hydrogen-bond donors (Lipinski definition) is 2. The van der Waals surface area contributed by atoms with Gasteiger partial charge in [-0.3, -0.25) is 11.3 Å². The molecule has 2 atom stereocenters. The summed E-state index contributed by atoms with van der Waals surface area (Å²) in [4.78, 5) is 0. The third-order valence-electron chi connectivity index (χ3n) is 3.84. The Balaban J connectivity index is 1.82. The summed E-state index contributed by atoms with van der Waals surface area (Å²) in [5, 5.41) is 0. The molecule has 1 aliphatic carbocycles. The van der Waals surface area contributed by atoms with Gasteiger partial charge in [0.25, 0.3) is 0 Å². The molecule has 0 radical (unpaired) electrons. The molecular formula is C14H18N2O. The number of benzene rings is 1. The summed E-state index contributed by atoms with van der Waals surface area (Å²) in [5.41, 5.74) is 7.16. The van der Waals surface area contributed by atoms with Gasteiger partial charge in [0.05, 0.1) is 18.9 Å². The Morgan fingerprint density at radius 1 is 1.35 bits per heavy atom. The van der Waals surface area contributed by atoms with E-state index in [1.807, 2.05) is 6.26 Å². The molecule has 0 bridgehead atoms. The van der Waals surface area contributed by atoms with Crippen molar-refractivity contribution in [3.63, 3.8) is 0 Å². The quantitative estimate of drug-likeness (QED) is 0.615. The third-order valence-corrected chi connectivity index (χ3v) is 3.84. The first-order chi connectivity index (χ1) is 8.40. The molecule has 90 valence electrons. The van der Waals surface area contributed by atoms with E-state index in [1.165, 1.54) is 16.7 Å². The molecule has 0 amide bonds. The summed E-state index contributed by atoms with van der Waals surface area (Å²) in [7, 11) is 0. The molecule has 0 saturated carbocycles. The fourth-order valence-electron chi connectivity index (χ4n) is 2.89. The van der Waals surface area contributed by atoms with Gasteiger partial charge >= 0.3 is 0 Å². The molecule has 2 unspecified atom stereocenters. The van der Waals surface area contributed by atoms with Gasteiger partial charge in [-0.15, -0.1) is 0 Å². The molecule has 1 aliphatic heterocycles. The first-order valence-corrected chi connectivity index (χ1v) is 6.24. The fraction of sp³-hybridized carbons (Fsp3) is 0.429.